The zero-order valence-corrected chi connectivity index (χ0v) is 16.9. The fourth-order valence-corrected chi connectivity index (χ4v) is 2.71. The number of nitrogens with one attached hydrogen (secondary N) is 1. The molecule has 0 fully saturated rings. The smallest absolute Gasteiger partial charge is 0.338 e. The molecule has 0 aliphatic rings. The normalized spacial score (nSPS) is 11.6. The molecule has 3 rings (SSSR count). The Bertz CT molecular complexity index is 1030. The number of aromatic carboxylic acids is 1. The molecule has 1 unspecified atom stereocenters. The lowest BCUT2D eigenvalue weighted by atomic mass is 10.1. The number of aromatic amines is 1. The number of primary amides is 2. The van der Waals surface area contributed by atoms with Crippen molar-refractivity contribution in [1.82, 2.24) is 19.7 Å². The highest BCUT2D eigenvalue weighted by Gasteiger charge is 2.22. The molecule has 0 saturated heterocycles. The van der Waals surface area contributed by atoms with Gasteiger partial charge in [0.15, 0.2) is 0 Å². The maximum atomic E-state index is 11.4. The van der Waals surface area contributed by atoms with Gasteiger partial charge in [-0.25, -0.2) is 9.78 Å². The zero-order valence-electron chi connectivity index (χ0n) is 16.9. The topological polar surface area (TPSA) is 179 Å². The lowest BCUT2D eigenvalue weighted by Gasteiger charge is -2.13. The molecule has 1 atom stereocenters. The quantitative estimate of drug-likeness (QED) is 0.436. The summed E-state index contributed by atoms with van der Waals surface area (Å²) in [5.74, 6) is -1.54. The van der Waals surface area contributed by atoms with E-state index >= 15 is 0 Å². The molecule has 2 aromatic heterocycles. The summed E-state index contributed by atoms with van der Waals surface area (Å²) in [4.78, 5) is 39.9. The largest absolute Gasteiger partial charge is 0.478 e. The third-order valence-corrected chi connectivity index (χ3v) is 4.28. The highest BCUT2D eigenvalue weighted by Crippen LogP contribution is 2.24. The Morgan fingerprint density at radius 3 is 2.37 bits per heavy atom. The van der Waals surface area contributed by atoms with E-state index in [9.17, 15) is 14.4 Å². The van der Waals surface area contributed by atoms with E-state index in [0.717, 1.165) is 22.2 Å². The number of aryl methyl sites for hydroxylation is 2. The summed E-state index contributed by atoms with van der Waals surface area (Å²) in [5, 5.41) is 13.1. The first-order valence-corrected chi connectivity index (χ1v) is 8.92. The number of ether oxygens (including phenoxy) is 1. The number of benzene rings is 1. The van der Waals surface area contributed by atoms with Crippen molar-refractivity contribution in [1.29, 1.82) is 0 Å². The first-order chi connectivity index (χ1) is 14.1. The number of rotatable bonds is 7. The Hall–Kier alpha value is -3.73. The van der Waals surface area contributed by atoms with Crippen LogP contribution in [0.25, 0.3) is 11.0 Å². The number of nitrogens with two attached hydrogens (primary N) is 2. The van der Waals surface area contributed by atoms with Crippen LogP contribution >= 0.6 is 0 Å². The van der Waals surface area contributed by atoms with Gasteiger partial charge in [0.05, 0.1) is 29.2 Å². The third-order valence-electron chi connectivity index (χ3n) is 4.28. The number of methoxy groups -OCH3 is 1. The van der Waals surface area contributed by atoms with E-state index in [1.165, 1.54) is 24.2 Å². The summed E-state index contributed by atoms with van der Waals surface area (Å²) in [5.41, 5.74) is 13.9. The SMILES string of the molecule is COCC(N)=O.Cc1cc2nc(C(CC(N)=O)n3cc(C(=O)O)cn3)[nH]c2cc1C. The van der Waals surface area contributed by atoms with Gasteiger partial charge in [0.2, 0.25) is 11.8 Å². The lowest BCUT2D eigenvalue weighted by Crippen LogP contribution is -2.21. The first-order valence-electron chi connectivity index (χ1n) is 8.92. The molecule has 6 N–H and O–H groups in total. The van der Waals surface area contributed by atoms with Gasteiger partial charge >= 0.3 is 5.97 Å². The highest BCUT2D eigenvalue weighted by atomic mass is 16.5. The average molecular weight is 416 g/mol. The molecule has 11 nitrogen and oxygen atoms in total. The molecule has 11 heteroatoms. The predicted octanol–water partition coefficient (Wildman–Crippen LogP) is 0.657. The van der Waals surface area contributed by atoms with E-state index in [2.05, 4.69) is 25.5 Å². The van der Waals surface area contributed by atoms with Crippen molar-refractivity contribution in [3.8, 4) is 0 Å². The third kappa shape index (κ3) is 5.64. The van der Waals surface area contributed by atoms with Crippen molar-refractivity contribution >= 4 is 28.8 Å². The summed E-state index contributed by atoms with van der Waals surface area (Å²) in [6, 6.07) is 3.34. The van der Waals surface area contributed by atoms with E-state index in [1.807, 2.05) is 26.0 Å². The number of amides is 2. The maximum absolute atomic E-state index is 11.4. The van der Waals surface area contributed by atoms with Crippen molar-refractivity contribution in [3.05, 3.63) is 47.0 Å². The second kappa shape index (κ2) is 9.65. The average Bonchev–Trinajstić information content (AvgIpc) is 3.27. The fourth-order valence-electron chi connectivity index (χ4n) is 2.71. The number of fused-ring (bicyclic) bond motifs is 1. The van der Waals surface area contributed by atoms with Crippen LogP contribution in [0.2, 0.25) is 0 Å². The number of hydrogen-bond acceptors (Lipinski definition) is 6. The monoisotopic (exact) mass is 416 g/mol. The van der Waals surface area contributed by atoms with Gasteiger partial charge in [-0.3, -0.25) is 14.3 Å². The van der Waals surface area contributed by atoms with Crippen LogP contribution in [0, 0.1) is 13.8 Å². The number of carbonyl (C=O) groups excluding carboxylic acids is 2. The summed E-state index contributed by atoms with van der Waals surface area (Å²) in [6.07, 6.45) is 2.55. The molecule has 3 aromatic rings. The number of carboxylic acid groups (broad SMARTS) is 1. The number of carboxylic acids is 1. The Balaban J connectivity index is 0.000000469. The number of nitrogens with zero attached hydrogens (tertiary/aromatic N) is 3. The van der Waals surface area contributed by atoms with E-state index < -0.39 is 23.8 Å². The Labute approximate surface area is 172 Å². The number of hydrogen-bond donors (Lipinski definition) is 4. The Morgan fingerprint density at radius 2 is 1.87 bits per heavy atom. The number of imidazole rings is 1. The van der Waals surface area contributed by atoms with Gasteiger partial charge in [-0.05, 0) is 37.1 Å². The second-order valence-corrected chi connectivity index (χ2v) is 6.68. The van der Waals surface area contributed by atoms with Gasteiger partial charge in [0, 0.05) is 13.3 Å². The number of carbonyl (C=O) groups is 3. The minimum atomic E-state index is -1.09. The van der Waals surface area contributed by atoms with E-state index in [-0.39, 0.29) is 18.6 Å². The Morgan fingerprint density at radius 1 is 1.20 bits per heavy atom. The molecular formula is C19H24N6O5. The standard InChI is InChI=1S/C16H17N5O3.C3H7NO2/c1-8-3-11-12(4-9(8)2)20-15(19-11)13(5-14(17)22)21-7-10(6-18-21)16(23)24;1-6-2-3(4)5/h3-4,6-7,13H,5H2,1-2H3,(H2,17,22)(H,19,20)(H,23,24);2H2,1H3,(H2,4,5). The molecular weight excluding hydrogens is 392 g/mol. The molecule has 160 valence electrons. The van der Waals surface area contributed by atoms with Crippen LogP contribution in [0.1, 0.15) is 39.8 Å². The van der Waals surface area contributed by atoms with Crippen LogP contribution in [0.5, 0.6) is 0 Å². The molecule has 0 aliphatic carbocycles. The van der Waals surface area contributed by atoms with Crippen LogP contribution in [-0.4, -0.2) is 56.4 Å². The first kappa shape index (κ1) is 22.6. The molecule has 1 aromatic carbocycles. The maximum Gasteiger partial charge on any atom is 0.338 e. The molecule has 0 aliphatic heterocycles. The Kier molecular flexibility index (Phi) is 7.26. The van der Waals surface area contributed by atoms with Crippen molar-refractivity contribution in [3.63, 3.8) is 0 Å². The zero-order chi connectivity index (χ0) is 22.4. The molecule has 0 saturated carbocycles. The van der Waals surface area contributed by atoms with E-state index in [0.29, 0.717) is 5.82 Å². The van der Waals surface area contributed by atoms with Crippen molar-refractivity contribution in [2.24, 2.45) is 11.5 Å². The van der Waals surface area contributed by atoms with Gasteiger partial charge in [-0.15, -0.1) is 0 Å². The highest BCUT2D eigenvalue weighted by molar-refractivity contribution is 5.87. The molecule has 2 amide bonds. The van der Waals surface area contributed by atoms with Crippen LogP contribution in [0.15, 0.2) is 24.5 Å². The van der Waals surface area contributed by atoms with Crippen LogP contribution in [0.4, 0.5) is 0 Å². The molecule has 0 radical (unpaired) electrons. The van der Waals surface area contributed by atoms with Gasteiger partial charge in [-0.1, -0.05) is 0 Å². The van der Waals surface area contributed by atoms with E-state index in [4.69, 9.17) is 10.8 Å². The van der Waals surface area contributed by atoms with Crippen LogP contribution < -0.4 is 11.5 Å². The summed E-state index contributed by atoms with van der Waals surface area (Å²) in [6.45, 7) is 4.01. The van der Waals surface area contributed by atoms with Crippen molar-refractivity contribution < 1.29 is 24.2 Å². The minimum absolute atomic E-state index is 0.0139. The number of aromatic nitrogens is 4. The second-order valence-electron chi connectivity index (χ2n) is 6.68. The molecule has 0 spiro atoms. The van der Waals surface area contributed by atoms with Gasteiger partial charge in [0.25, 0.3) is 0 Å². The lowest BCUT2D eigenvalue weighted by molar-refractivity contribution is -0.121. The fraction of sp³-hybridized carbons (Fsp3) is 0.316. The molecule has 2 heterocycles. The number of H-pyrrole nitrogens is 1. The van der Waals surface area contributed by atoms with Crippen LogP contribution in [0.3, 0.4) is 0 Å². The summed E-state index contributed by atoms with van der Waals surface area (Å²) < 4.78 is 5.72. The van der Waals surface area contributed by atoms with Gasteiger partial charge in [0.1, 0.15) is 18.5 Å². The minimum Gasteiger partial charge on any atom is -0.478 e. The van der Waals surface area contributed by atoms with Crippen LogP contribution in [-0.2, 0) is 14.3 Å². The molecule has 0 bridgehead atoms. The van der Waals surface area contributed by atoms with Crippen molar-refractivity contribution in [2.75, 3.05) is 13.7 Å². The summed E-state index contributed by atoms with van der Waals surface area (Å²) >= 11 is 0. The van der Waals surface area contributed by atoms with Gasteiger partial charge in [-0.2, -0.15) is 5.10 Å². The molecule has 30 heavy (non-hydrogen) atoms. The predicted molar refractivity (Wildman–Crippen MR) is 108 cm³/mol. The van der Waals surface area contributed by atoms with E-state index in [1.54, 1.807) is 0 Å². The summed E-state index contributed by atoms with van der Waals surface area (Å²) in [7, 11) is 1.42. The van der Waals surface area contributed by atoms with Gasteiger partial charge < -0.3 is 26.3 Å². The van der Waals surface area contributed by atoms with Crippen molar-refractivity contribution in [2.45, 2.75) is 26.3 Å².